The predicted octanol–water partition coefficient (Wildman–Crippen LogP) is 4.30. The van der Waals surface area contributed by atoms with Crippen LogP contribution in [0, 0.1) is 5.92 Å². The molecule has 0 saturated carbocycles. The molecule has 0 radical (unpaired) electrons. The molecule has 31 heavy (non-hydrogen) atoms. The second-order valence-electron chi connectivity index (χ2n) is 9.38. The molecule has 1 fully saturated rings. The van der Waals surface area contributed by atoms with Crippen LogP contribution in [0.15, 0.2) is 34.2 Å². The van der Waals surface area contributed by atoms with Crippen molar-refractivity contribution >= 4 is 26.7 Å². The van der Waals surface area contributed by atoms with Crippen LogP contribution in [0.5, 0.6) is 0 Å². The number of likely N-dealkylation sites (tertiary alicyclic amines) is 1. The molecule has 1 N–H and O–H groups in total. The number of rotatable bonds is 6. The molecule has 0 atom stereocenters. The van der Waals surface area contributed by atoms with Crippen LogP contribution >= 0.6 is 0 Å². The maximum atomic E-state index is 12.9. The van der Waals surface area contributed by atoms with E-state index in [0.29, 0.717) is 53.2 Å². The summed E-state index contributed by atoms with van der Waals surface area (Å²) in [6, 6.07) is 7.87. The van der Waals surface area contributed by atoms with Crippen molar-refractivity contribution in [3.8, 4) is 0 Å². The maximum Gasteiger partial charge on any atom is 0.285 e. The molecule has 2 aliphatic rings. The lowest BCUT2D eigenvalue weighted by atomic mass is 10.00. The van der Waals surface area contributed by atoms with E-state index in [2.05, 4.69) is 37.4 Å². The molecule has 2 aliphatic heterocycles. The van der Waals surface area contributed by atoms with E-state index >= 15 is 0 Å². The van der Waals surface area contributed by atoms with Gasteiger partial charge in [0.05, 0.1) is 0 Å². The summed E-state index contributed by atoms with van der Waals surface area (Å²) < 4.78 is 29.8. The van der Waals surface area contributed by atoms with Gasteiger partial charge in [-0.1, -0.05) is 52.0 Å². The first kappa shape index (κ1) is 23.5. The van der Waals surface area contributed by atoms with E-state index in [9.17, 15) is 13.2 Å². The molecule has 2 heterocycles. The van der Waals surface area contributed by atoms with Gasteiger partial charge in [-0.15, -0.1) is 4.40 Å². The van der Waals surface area contributed by atoms with Crippen LogP contribution < -0.4 is 5.32 Å². The Morgan fingerprint density at radius 2 is 1.74 bits per heavy atom. The highest BCUT2D eigenvalue weighted by Crippen LogP contribution is 2.34. The van der Waals surface area contributed by atoms with E-state index in [1.807, 2.05) is 36.1 Å². The fourth-order valence-corrected chi connectivity index (χ4v) is 5.64. The SMILES string of the molecule is CC1=C(c2ccc(C(C)C)cc2)S(=O)(=O)N=C1N1CCC(NC(=O)CCC(C)C)CC1. The summed E-state index contributed by atoms with van der Waals surface area (Å²) in [6.07, 6.45) is 3.03. The van der Waals surface area contributed by atoms with Gasteiger partial charge in [0.2, 0.25) is 5.91 Å². The first-order chi connectivity index (χ1) is 14.6. The summed E-state index contributed by atoms with van der Waals surface area (Å²) in [5, 5.41) is 3.13. The summed E-state index contributed by atoms with van der Waals surface area (Å²) in [4.78, 5) is 14.5. The van der Waals surface area contributed by atoms with E-state index in [4.69, 9.17) is 0 Å². The first-order valence-electron chi connectivity index (χ1n) is 11.3. The largest absolute Gasteiger partial charge is 0.356 e. The zero-order valence-corrected chi connectivity index (χ0v) is 20.1. The number of carbonyl (C=O) groups is 1. The average molecular weight is 446 g/mol. The normalized spacial score (nSPS) is 19.3. The van der Waals surface area contributed by atoms with E-state index in [-0.39, 0.29) is 11.9 Å². The third kappa shape index (κ3) is 5.56. The van der Waals surface area contributed by atoms with Gasteiger partial charge in [-0.2, -0.15) is 8.42 Å². The minimum absolute atomic E-state index is 0.108. The second-order valence-corrected chi connectivity index (χ2v) is 10.9. The van der Waals surface area contributed by atoms with E-state index < -0.39 is 10.0 Å². The zero-order chi connectivity index (χ0) is 22.8. The molecule has 7 heteroatoms. The summed E-state index contributed by atoms with van der Waals surface area (Å²) in [6.45, 7) is 11.7. The molecule has 0 spiro atoms. The standard InChI is InChI=1S/C24H35N3O3S/c1-16(2)6-11-22(28)25-21-12-14-27(15-13-21)24-18(5)23(31(29,30)26-24)20-9-7-19(8-10-20)17(3)4/h7-10,16-17,21H,6,11-15H2,1-5H3,(H,25,28). The van der Waals surface area contributed by atoms with Gasteiger partial charge in [0.15, 0.2) is 0 Å². The number of nitrogens with one attached hydrogen (secondary N) is 1. The third-order valence-corrected chi connectivity index (χ3v) is 7.56. The van der Waals surface area contributed by atoms with Crippen LogP contribution in [0.2, 0.25) is 0 Å². The van der Waals surface area contributed by atoms with Crippen molar-refractivity contribution < 1.29 is 13.2 Å². The number of amides is 1. The molecule has 6 nitrogen and oxygen atoms in total. The fourth-order valence-electron chi connectivity index (χ4n) is 4.16. The lowest BCUT2D eigenvalue weighted by Crippen LogP contribution is -2.46. The Morgan fingerprint density at radius 1 is 1.13 bits per heavy atom. The number of carbonyl (C=O) groups excluding carboxylic acids is 1. The Hall–Kier alpha value is -2.15. The van der Waals surface area contributed by atoms with Crippen LogP contribution in [0.3, 0.4) is 0 Å². The molecular formula is C24H35N3O3S. The van der Waals surface area contributed by atoms with Gasteiger partial charge < -0.3 is 10.2 Å². The van der Waals surface area contributed by atoms with Gasteiger partial charge in [0.1, 0.15) is 10.7 Å². The van der Waals surface area contributed by atoms with Crippen LogP contribution in [0.1, 0.15) is 77.3 Å². The minimum atomic E-state index is -3.71. The predicted molar refractivity (Wildman–Crippen MR) is 126 cm³/mol. The number of hydrogen-bond donors (Lipinski definition) is 1. The molecule has 1 aromatic rings. The van der Waals surface area contributed by atoms with Crippen molar-refractivity contribution in [2.24, 2.45) is 10.3 Å². The molecule has 170 valence electrons. The van der Waals surface area contributed by atoms with Gasteiger partial charge in [-0.25, -0.2) is 0 Å². The Kier molecular flexibility index (Phi) is 7.24. The Bertz CT molecular complexity index is 968. The zero-order valence-electron chi connectivity index (χ0n) is 19.3. The highest BCUT2D eigenvalue weighted by molar-refractivity contribution is 8.00. The molecule has 1 amide bonds. The van der Waals surface area contributed by atoms with Crippen LogP contribution in [-0.2, 0) is 14.8 Å². The molecule has 0 aromatic heterocycles. The Balaban J connectivity index is 1.68. The van der Waals surface area contributed by atoms with Crippen LogP contribution in [-0.4, -0.2) is 44.2 Å². The topological polar surface area (TPSA) is 78.8 Å². The quantitative estimate of drug-likeness (QED) is 0.708. The van der Waals surface area contributed by atoms with Crippen LogP contribution in [0.4, 0.5) is 0 Å². The average Bonchev–Trinajstić information content (AvgIpc) is 2.96. The van der Waals surface area contributed by atoms with E-state index in [1.54, 1.807) is 0 Å². The molecule has 0 aliphatic carbocycles. The van der Waals surface area contributed by atoms with Crippen molar-refractivity contribution in [2.75, 3.05) is 13.1 Å². The molecule has 3 rings (SSSR count). The second kappa shape index (κ2) is 9.55. The summed E-state index contributed by atoms with van der Waals surface area (Å²) in [5.41, 5.74) is 2.57. The van der Waals surface area contributed by atoms with Gasteiger partial charge in [0, 0.05) is 31.1 Å². The molecular weight excluding hydrogens is 410 g/mol. The third-order valence-electron chi connectivity index (χ3n) is 6.09. The summed E-state index contributed by atoms with van der Waals surface area (Å²) >= 11 is 0. The highest BCUT2D eigenvalue weighted by atomic mass is 32.2. The summed E-state index contributed by atoms with van der Waals surface area (Å²) in [7, 11) is -3.71. The molecule has 1 aromatic carbocycles. The molecule has 0 unspecified atom stereocenters. The highest BCUT2D eigenvalue weighted by Gasteiger charge is 2.35. The first-order valence-corrected chi connectivity index (χ1v) is 12.7. The monoisotopic (exact) mass is 445 g/mol. The van der Waals surface area contributed by atoms with Crippen molar-refractivity contribution in [2.45, 2.75) is 72.3 Å². The Labute approximate surface area is 186 Å². The minimum Gasteiger partial charge on any atom is -0.356 e. The van der Waals surface area contributed by atoms with Crippen molar-refractivity contribution in [3.05, 3.63) is 41.0 Å². The van der Waals surface area contributed by atoms with Gasteiger partial charge >= 0.3 is 0 Å². The number of benzene rings is 1. The van der Waals surface area contributed by atoms with E-state index in [1.165, 1.54) is 5.56 Å². The van der Waals surface area contributed by atoms with Crippen molar-refractivity contribution in [1.29, 1.82) is 0 Å². The lowest BCUT2D eigenvalue weighted by Gasteiger charge is -2.33. The Morgan fingerprint density at radius 3 is 2.29 bits per heavy atom. The number of sulfonamides is 1. The van der Waals surface area contributed by atoms with Crippen molar-refractivity contribution in [3.63, 3.8) is 0 Å². The van der Waals surface area contributed by atoms with E-state index in [0.717, 1.165) is 19.3 Å². The summed E-state index contributed by atoms with van der Waals surface area (Å²) in [5.74, 6) is 1.56. The maximum absolute atomic E-state index is 12.9. The van der Waals surface area contributed by atoms with Gasteiger partial charge in [0.25, 0.3) is 10.0 Å². The number of amidine groups is 1. The van der Waals surface area contributed by atoms with Crippen molar-refractivity contribution in [1.82, 2.24) is 10.2 Å². The number of nitrogens with zero attached hydrogens (tertiary/aromatic N) is 2. The molecule has 1 saturated heterocycles. The molecule has 0 bridgehead atoms. The van der Waals surface area contributed by atoms with Gasteiger partial charge in [-0.3, -0.25) is 4.79 Å². The number of hydrogen-bond acceptors (Lipinski definition) is 4. The fraction of sp³-hybridized carbons (Fsp3) is 0.583. The lowest BCUT2D eigenvalue weighted by molar-refractivity contribution is -0.122. The smallest absolute Gasteiger partial charge is 0.285 e. The van der Waals surface area contributed by atoms with Crippen LogP contribution in [0.25, 0.3) is 4.91 Å². The number of piperidine rings is 1. The van der Waals surface area contributed by atoms with Gasteiger partial charge in [-0.05, 0) is 49.1 Å².